The molecule has 0 N–H and O–H groups in total. The number of hydrogen-bond acceptors (Lipinski definition) is 4. The fraction of sp³-hybridized carbons (Fsp3) is 0.273. The molecular weight excluding hydrogens is 290 g/mol. The third kappa shape index (κ3) is 2.41. The predicted molar refractivity (Wildman–Crippen MR) is 67.7 cm³/mol. The van der Waals surface area contributed by atoms with Crippen molar-refractivity contribution in [3.63, 3.8) is 0 Å². The number of fused-ring (bicyclic) bond motifs is 1. The van der Waals surface area contributed by atoms with Crippen LogP contribution < -0.4 is 0 Å². The normalized spacial score (nSPS) is 10.6. The molecule has 5 heteroatoms. The van der Waals surface area contributed by atoms with Crippen LogP contribution in [0.1, 0.15) is 11.9 Å². The molecule has 0 saturated carbocycles. The Labute approximate surface area is 106 Å². The van der Waals surface area contributed by atoms with Crippen LogP contribution in [0.3, 0.4) is 0 Å². The van der Waals surface area contributed by atoms with E-state index in [0.717, 1.165) is 19.7 Å². The average Bonchev–Trinajstić information content (AvgIpc) is 2.62. The van der Waals surface area contributed by atoms with Crippen LogP contribution in [0.15, 0.2) is 22.7 Å². The number of aromatic nitrogens is 1. The van der Waals surface area contributed by atoms with Crippen molar-refractivity contribution in [1.29, 1.82) is 0 Å². The van der Waals surface area contributed by atoms with E-state index in [4.69, 9.17) is 4.74 Å². The van der Waals surface area contributed by atoms with Crippen LogP contribution in [0.2, 0.25) is 0 Å². The summed E-state index contributed by atoms with van der Waals surface area (Å²) in [5.41, 5.74) is 0.915. The second-order valence-corrected chi connectivity index (χ2v) is 5.12. The topological polar surface area (TPSA) is 39.2 Å². The first-order valence-electron chi connectivity index (χ1n) is 4.90. The number of hydrogen-bond donors (Lipinski definition) is 0. The Morgan fingerprint density at radius 2 is 2.38 bits per heavy atom. The third-order valence-corrected chi connectivity index (χ3v) is 4.04. The number of carbonyl (C=O) groups is 1. The zero-order valence-corrected chi connectivity index (χ0v) is 11.1. The van der Waals surface area contributed by atoms with Gasteiger partial charge in [0.15, 0.2) is 0 Å². The Kier molecular flexibility index (Phi) is 3.56. The number of carbonyl (C=O) groups excluding carboxylic acids is 1. The predicted octanol–water partition coefficient (Wildman–Crippen LogP) is 3.16. The minimum absolute atomic E-state index is 0.224. The summed E-state index contributed by atoms with van der Waals surface area (Å²) in [5, 5.41) is 0.792. The van der Waals surface area contributed by atoms with Crippen LogP contribution in [0.25, 0.3) is 10.2 Å². The Hall–Kier alpha value is -0.940. The van der Waals surface area contributed by atoms with Gasteiger partial charge < -0.3 is 4.74 Å². The Morgan fingerprint density at radius 3 is 3.06 bits per heavy atom. The van der Waals surface area contributed by atoms with Crippen molar-refractivity contribution in [3.05, 3.63) is 27.7 Å². The van der Waals surface area contributed by atoms with E-state index in [0.29, 0.717) is 6.61 Å². The Morgan fingerprint density at radius 1 is 1.56 bits per heavy atom. The minimum atomic E-state index is -0.224. The van der Waals surface area contributed by atoms with E-state index < -0.39 is 0 Å². The maximum Gasteiger partial charge on any atom is 0.312 e. The first-order chi connectivity index (χ1) is 7.70. The largest absolute Gasteiger partial charge is 0.466 e. The molecule has 0 aliphatic carbocycles. The fourth-order valence-electron chi connectivity index (χ4n) is 1.37. The summed E-state index contributed by atoms with van der Waals surface area (Å²) < 4.78 is 6.97. The molecule has 0 fully saturated rings. The first kappa shape index (κ1) is 11.5. The molecule has 1 aromatic heterocycles. The summed E-state index contributed by atoms with van der Waals surface area (Å²) in [5.74, 6) is -0.224. The first-order valence-corrected chi connectivity index (χ1v) is 6.51. The Bertz CT molecular complexity index is 524. The van der Waals surface area contributed by atoms with Crippen LogP contribution in [0.4, 0.5) is 0 Å². The van der Waals surface area contributed by atoms with Gasteiger partial charge in [0.05, 0.1) is 23.2 Å². The molecule has 3 nitrogen and oxygen atoms in total. The van der Waals surface area contributed by atoms with Gasteiger partial charge in [0.2, 0.25) is 0 Å². The quantitative estimate of drug-likeness (QED) is 0.817. The summed E-state index contributed by atoms with van der Waals surface area (Å²) in [7, 11) is 0. The highest BCUT2D eigenvalue weighted by atomic mass is 79.9. The monoisotopic (exact) mass is 299 g/mol. The van der Waals surface area contributed by atoms with Crippen molar-refractivity contribution >= 4 is 43.5 Å². The lowest BCUT2D eigenvalue weighted by atomic mass is 10.3. The number of esters is 1. The molecule has 1 heterocycles. The highest BCUT2D eigenvalue weighted by Gasteiger charge is 2.10. The van der Waals surface area contributed by atoms with Crippen molar-refractivity contribution in [3.8, 4) is 0 Å². The zero-order valence-electron chi connectivity index (χ0n) is 8.70. The van der Waals surface area contributed by atoms with Gasteiger partial charge in [0.1, 0.15) is 5.01 Å². The summed E-state index contributed by atoms with van der Waals surface area (Å²) in [4.78, 5) is 15.7. The molecular formula is C11H10BrNO2S. The van der Waals surface area contributed by atoms with Crippen LogP contribution in [-0.4, -0.2) is 17.6 Å². The number of nitrogens with zero attached hydrogens (tertiary/aromatic N) is 1. The summed E-state index contributed by atoms with van der Waals surface area (Å²) in [6, 6.07) is 5.83. The molecule has 0 spiro atoms. The summed E-state index contributed by atoms with van der Waals surface area (Å²) >= 11 is 4.98. The maximum atomic E-state index is 11.3. The average molecular weight is 300 g/mol. The van der Waals surface area contributed by atoms with E-state index in [-0.39, 0.29) is 12.4 Å². The molecule has 84 valence electrons. The van der Waals surface area contributed by atoms with Gasteiger partial charge >= 0.3 is 5.97 Å². The minimum Gasteiger partial charge on any atom is -0.466 e. The van der Waals surface area contributed by atoms with Crippen molar-refractivity contribution < 1.29 is 9.53 Å². The van der Waals surface area contributed by atoms with E-state index in [9.17, 15) is 4.79 Å². The standard InChI is InChI=1S/C11H10BrNO2S/c1-2-15-10(14)6-9-13-8-5-3-4-7(12)11(8)16-9/h3-5H,2,6H2,1H3. The summed E-state index contributed by atoms with van der Waals surface area (Å²) in [6.07, 6.45) is 0.250. The maximum absolute atomic E-state index is 11.3. The van der Waals surface area contributed by atoms with Crippen molar-refractivity contribution in [2.45, 2.75) is 13.3 Å². The number of halogens is 1. The molecule has 0 unspecified atom stereocenters. The molecule has 0 atom stereocenters. The smallest absolute Gasteiger partial charge is 0.312 e. The molecule has 0 amide bonds. The van der Waals surface area contributed by atoms with E-state index in [1.54, 1.807) is 6.92 Å². The molecule has 0 aliphatic rings. The van der Waals surface area contributed by atoms with Crippen LogP contribution in [0.5, 0.6) is 0 Å². The molecule has 1 aromatic carbocycles. The molecule has 0 radical (unpaired) electrons. The van der Waals surface area contributed by atoms with Gasteiger partial charge in [-0.25, -0.2) is 4.98 Å². The molecule has 2 aromatic rings. The number of benzene rings is 1. The van der Waals surface area contributed by atoms with Gasteiger partial charge in [0, 0.05) is 4.47 Å². The van der Waals surface area contributed by atoms with Crippen LogP contribution >= 0.6 is 27.3 Å². The zero-order chi connectivity index (χ0) is 11.5. The van der Waals surface area contributed by atoms with Gasteiger partial charge in [-0.05, 0) is 35.0 Å². The summed E-state index contributed by atoms with van der Waals surface area (Å²) in [6.45, 7) is 2.21. The van der Waals surface area contributed by atoms with E-state index in [2.05, 4.69) is 20.9 Å². The molecule has 2 rings (SSSR count). The lowest BCUT2D eigenvalue weighted by Gasteiger charge is -1.97. The van der Waals surface area contributed by atoms with Crippen molar-refractivity contribution in [2.24, 2.45) is 0 Å². The number of rotatable bonds is 3. The van der Waals surface area contributed by atoms with Gasteiger partial charge in [-0.2, -0.15) is 0 Å². The van der Waals surface area contributed by atoms with Gasteiger partial charge in [0.25, 0.3) is 0 Å². The van der Waals surface area contributed by atoms with Gasteiger partial charge in [-0.1, -0.05) is 6.07 Å². The lowest BCUT2D eigenvalue weighted by Crippen LogP contribution is -2.06. The SMILES string of the molecule is CCOC(=O)Cc1nc2cccc(Br)c2s1. The number of ether oxygens (including phenoxy) is 1. The highest BCUT2D eigenvalue weighted by molar-refractivity contribution is 9.10. The Balaban J connectivity index is 2.26. The fourth-order valence-corrected chi connectivity index (χ4v) is 2.92. The van der Waals surface area contributed by atoms with Crippen LogP contribution in [0, 0.1) is 0 Å². The second kappa shape index (κ2) is 4.93. The van der Waals surface area contributed by atoms with E-state index in [1.165, 1.54) is 11.3 Å². The molecule has 0 aliphatic heterocycles. The number of thiazole rings is 1. The van der Waals surface area contributed by atoms with E-state index in [1.807, 2.05) is 18.2 Å². The highest BCUT2D eigenvalue weighted by Crippen LogP contribution is 2.29. The molecule has 0 bridgehead atoms. The van der Waals surface area contributed by atoms with Crippen LogP contribution in [-0.2, 0) is 16.0 Å². The van der Waals surface area contributed by atoms with Crippen molar-refractivity contribution in [2.75, 3.05) is 6.61 Å². The second-order valence-electron chi connectivity index (χ2n) is 3.18. The lowest BCUT2D eigenvalue weighted by molar-refractivity contribution is -0.142. The van der Waals surface area contributed by atoms with Gasteiger partial charge in [-0.15, -0.1) is 11.3 Å². The van der Waals surface area contributed by atoms with Crippen molar-refractivity contribution in [1.82, 2.24) is 4.98 Å². The van der Waals surface area contributed by atoms with Gasteiger partial charge in [-0.3, -0.25) is 4.79 Å². The third-order valence-electron chi connectivity index (χ3n) is 2.01. The molecule has 16 heavy (non-hydrogen) atoms. The molecule has 0 saturated heterocycles. The van der Waals surface area contributed by atoms with E-state index >= 15 is 0 Å².